The Morgan fingerprint density at radius 2 is 2.00 bits per heavy atom. The molecule has 0 saturated carbocycles. The monoisotopic (exact) mass is 417 g/mol. The number of amides is 1. The van der Waals surface area contributed by atoms with Crippen LogP contribution >= 0.6 is 0 Å². The third kappa shape index (κ3) is 3.89. The van der Waals surface area contributed by atoms with E-state index in [1.807, 2.05) is 6.07 Å². The number of benzene rings is 1. The normalized spacial score (nSPS) is 22.7. The molecule has 0 spiro atoms. The molecule has 2 saturated heterocycles. The number of rotatable bonds is 6. The van der Waals surface area contributed by atoms with E-state index in [4.69, 9.17) is 0 Å². The van der Waals surface area contributed by atoms with Gasteiger partial charge in [-0.25, -0.2) is 15.0 Å². The van der Waals surface area contributed by atoms with Crippen molar-refractivity contribution in [3.8, 4) is 0 Å². The summed E-state index contributed by atoms with van der Waals surface area (Å²) in [6, 6.07) is 10.6. The lowest BCUT2D eigenvalue weighted by Gasteiger charge is -2.31. The van der Waals surface area contributed by atoms with Gasteiger partial charge in [-0.1, -0.05) is 24.3 Å². The Bertz CT molecular complexity index is 1020. The van der Waals surface area contributed by atoms with Crippen LogP contribution in [-0.2, 0) is 11.3 Å². The van der Waals surface area contributed by atoms with Gasteiger partial charge in [0, 0.05) is 50.6 Å². The van der Waals surface area contributed by atoms with Crippen LogP contribution in [0.3, 0.4) is 0 Å². The van der Waals surface area contributed by atoms with Crippen molar-refractivity contribution >= 4 is 11.7 Å². The highest BCUT2D eigenvalue weighted by Crippen LogP contribution is 2.46. The van der Waals surface area contributed by atoms with Gasteiger partial charge in [-0.15, -0.1) is 0 Å². The third-order valence-corrected chi connectivity index (χ3v) is 6.63. The Hall–Kier alpha value is -3.29. The van der Waals surface area contributed by atoms with E-state index < -0.39 is 0 Å². The molecule has 1 aromatic carbocycles. The van der Waals surface area contributed by atoms with Gasteiger partial charge in [0.25, 0.3) is 0 Å². The summed E-state index contributed by atoms with van der Waals surface area (Å²) >= 11 is 0. The number of hydrogen-bond donors (Lipinski definition) is 0. The lowest BCUT2D eigenvalue weighted by molar-refractivity contribution is -0.132. The number of anilines is 1. The molecule has 2 fully saturated rings. The van der Waals surface area contributed by atoms with Crippen LogP contribution in [0.2, 0.25) is 0 Å². The van der Waals surface area contributed by atoms with Crippen molar-refractivity contribution in [2.24, 2.45) is 11.8 Å². The van der Waals surface area contributed by atoms with E-state index in [1.54, 1.807) is 23.5 Å². The van der Waals surface area contributed by atoms with E-state index in [-0.39, 0.29) is 11.9 Å². The van der Waals surface area contributed by atoms with Crippen molar-refractivity contribution in [3.63, 3.8) is 0 Å². The molecule has 2 aliphatic heterocycles. The van der Waals surface area contributed by atoms with Gasteiger partial charge in [-0.05, 0) is 30.5 Å². The fraction of sp³-hybridized carbons (Fsp3) is 0.435. The SMILES string of the molecule is Cc1ccccc1[C@H]1[C@H]2CN(c3ccncn3)C[C@H]2CN1C(=O)CCCn1cncn1. The topological polar surface area (TPSA) is 80.0 Å². The van der Waals surface area contributed by atoms with Crippen LogP contribution in [0.1, 0.15) is 30.0 Å². The number of fused-ring (bicyclic) bond motifs is 1. The molecule has 0 bridgehead atoms. The second kappa shape index (κ2) is 8.45. The summed E-state index contributed by atoms with van der Waals surface area (Å²) < 4.78 is 1.78. The molecular weight excluding hydrogens is 390 g/mol. The maximum absolute atomic E-state index is 13.3. The fourth-order valence-electron chi connectivity index (χ4n) is 5.16. The predicted octanol–water partition coefficient (Wildman–Crippen LogP) is 2.49. The number of aryl methyl sites for hydroxylation is 2. The quantitative estimate of drug-likeness (QED) is 0.613. The van der Waals surface area contributed by atoms with Gasteiger partial charge >= 0.3 is 0 Å². The minimum atomic E-state index is 0.108. The Kier molecular flexibility index (Phi) is 5.36. The first-order chi connectivity index (χ1) is 15.2. The summed E-state index contributed by atoms with van der Waals surface area (Å²) in [6.45, 7) is 5.49. The summed E-state index contributed by atoms with van der Waals surface area (Å²) in [4.78, 5) is 30.2. The average molecular weight is 418 g/mol. The molecule has 4 heterocycles. The lowest BCUT2D eigenvalue weighted by atomic mass is 9.87. The average Bonchev–Trinajstić information content (AvgIpc) is 3.51. The van der Waals surface area contributed by atoms with Crippen LogP contribution in [0.4, 0.5) is 5.82 Å². The van der Waals surface area contributed by atoms with Crippen LogP contribution < -0.4 is 4.90 Å². The summed E-state index contributed by atoms with van der Waals surface area (Å²) in [5, 5.41) is 4.13. The first-order valence-electron chi connectivity index (χ1n) is 10.9. The van der Waals surface area contributed by atoms with Gasteiger partial charge in [0.05, 0.1) is 6.04 Å². The van der Waals surface area contributed by atoms with Crippen LogP contribution in [-0.4, -0.2) is 55.2 Å². The van der Waals surface area contributed by atoms with E-state index in [2.05, 4.69) is 61.0 Å². The number of likely N-dealkylation sites (tertiary alicyclic amines) is 1. The second-order valence-corrected chi connectivity index (χ2v) is 8.51. The first kappa shape index (κ1) is 19.7. The van der Waals surface area contributed by atoms with Gasteiger partial charge in [-0.2, -0.15) is 5.10 Å². The number of carbonyl (C=O) groups is 1. The highest BCUT2D eigenvalue weighted by atomic mass is 16.2. The van der Waals surface area contributed by atoms with Crippen LogP contribution in [0.15, 0.2) is 55.5 Å². The highest BCUT2D eigenvalue weighted by Gasteiger charge is 2.49. The molecule has 160 valence electrons. The van der Waals surface area contributed by atoms with Gasteiger partial charge in [0.1, 0.15) is 24.8 Å². The van der Waals surface area contributed by atoms with Crippen LogP contribution in [0.25, 0.3) is 0 Å². The zero-order valence-electron chi connectivity index (χ0n) is 17.7. The number of hydrogen-bond acceptors (Lipinski definition) is 6. The highest BCUT2D eigenvalue weighted by molar-refractivity contribution is 5.77. The third-order valence-electron chi connectivity index (χ3n) is 6.63. The minimum Gasteiger partial charge on any atom is -0.356 e. The molecule has 0 radical (unpaired) electrons. The van der Waals surface area contributed by atoms with Crippen molar-refractivity contribution in [1.82, 2.24) is 29.6 Å². The smallest absolute Gasteiger partial charge is 0.223 e. The molecule has 2 aliphatic rings. The molecular formula is C23H27N7O. The molecule has 3 atom stereocenters. The number of nitrogens with zero attached hydrogens (tertiary/aromatic N) is 7. The van der Waals surface area contributed by atoms with Crippen molar-refractivity contribution in [1.29, 1.82) is 0 Å². The van der Waals surface area contributed by atoms with Gasteiger partial charge < -0.3 is 9.80 Å². The molecule has 8 heteroatoms. The van der Waals surface area contributed by atoms with Gasteiger partial charge in [0.2, 0.25) is 5.91 Å². The Balaban J connectivity index is 1.35. The molecule has 0 N–H and O–H groups in total. The standard InChI is InChI=1S/C23H27N7O/c1-17-5-2-3-6-19(17)23-20-13-28(21-8-9-24-14-26-21)11-18(20)12-30(23)22(31)7-4-10-29-16-25-15-27-29/h2-3,5-6,8-9,14-16,18,20,23H,4,7,10-13H2,1H3/t18-,20-,23-/m0/s1. The molecule has 8 nitrogen and oxygen atoms in total. The first-order valence-corrected chi connectivity index (χ1v) is 10.9. The molecule has 3 aromatic rings. The van der Waals surface area contributed by atoms with E-state index in [1.165, 1.54) is 17.5 Å². The van der Waals surface area contributed by atoms with Gasteiger partial charge in [0.15, 0.2) is 0 Å². The fourth-order valence-corrected chi connectivity index (χ4v) is 5.16. The van der Waals surface area contributed by atoms with Crippen molar-refractivity contribution in [2.75, 3.05) is 24.5 Å². The molecule has 2 aromatic heterocycles. The van der Waals surface area contributed by atoms with Crippen molar-refractivity contribution in [2.45, 2.75) is 32.4 Å². The summed E-state index contributed by atoms with van der Waals surface area (Å²) in [5.74, 6) is 2.05. The van der Waals surface area contributed by atoms with Crippen LogP contribution in [0.5, 0.6) is 0 Å². The molecule has 31 heavy (non-hydrogen) atoms. The molecule has 0 aliphatic carbocycles. The summed E-state index contributed by atoms with van der Waals surface area (Å²) in [6.07, 6.45) is 7.91. The van der Waals surface area contributed by atoms with Gasteiger partial charge in [-0.3, -0.25) is 9.48 Å². The van der Waals surface area contributed by atoms with Crippen molar-refractivity contribution < 1.29 is 4.79 Å². The van der Waals surface area contributed by atoms with E-state index in [0.717, 1.165) is 31.9 Å². The Labute approximate surface area is 181 Å². The van der Waals surface area contributed by atoms with E-state index in [9.17, 15) is 4.79 Å². The van der Waals surface area contributed by atoms with Crippen LogP contribution in [0, 0.1) is 18.8 Å². The minimum absolute atomic E-state index is 0.108. The Morgan fingerprint density at radius 3 is 2.77 bits per heavy atom. The largest absolute Gasteiger partial charge is 0.356 e. The second-order valence-electron chi connectivity index (χ2n) is 8.51. The van der Waals surface area contributed by atoms with E-state index >= 15 is 0 Å². The van der Waals surface area contributed by atoms with E-state index in [0.29, 0.717) is 24.8 Å². The molecule has 5 rings (SSSR count). The number of carbonyl (C=O) groups excluding carboxylic acids is 1. The predicted molar refractivity (Wildman–Crippen MR) is 116 cm³/mol. The molecule has 1 amide bonds. The maximum atomic E-state index is 13.3. The Morgan fingerprint density at radius 1 is 1.10 bits per heavy atom. The summed E-state index contributed by atoms with van der Waals surface area (Å²) in [5.41, 5.74) is 2.51. The zero-order chi connectivity index (χ0) is 21.2. The maximum Gasteiger partial charge on any atom is 0.223 e. The summed E-state index contributed by atoms with van der Waals surface area (Å²) in [7, 11) is 0. The van der Waals surface area contributed by atoms with Crippen molar-refractivity contribution in [3.05, 3.63) is 66.6 Å². The zero-order valence-corrected chi connectivity index (χ0v) is 17.7. The number of aromatic nitrogens is 5. The molecule has 0 unspecified atom stereocenters. The lowest BCUT2D eigenvalue weighted by Crippen LogP contribution is -2.36.